The summed E-state index contributed by atoms with van der Waals surface area (Å²) in [7, 11) is 0. The molecule has 0 bridgehead atoms. The van der Waals surface area contributed by atoms with Crippen LogP contribution in [0.1, 0.15) is 42.1 Å². The predicted octanol–water partition coefficient (Wildman–Crippen LogP) is 1.91. The van der Waals surface area contributed by atoms with Crippen molar-refractivity contribution in [2.75, 3.05) is 6.61 Å². The maximum absolute atomic E-state index is 11.1. The van der Waals surface area contributed by atoms with E-state index in [9.17, 15) is 4.79 Å². The fourth-order valence-electron chi connectivity index (χ4n) is 1.24. The smallest absolute Gasteiger partial charge is 0.163 e. The van der Waals surface area contributed by atoms with Gasteiger partial charge >= 0.3 is 0 Å². The molecule has 0 saturated carbocycles. The molecule has 0 aromatic carbocycles. The molecule has 4 nitrogen and oxygen atoms in total. The van der Waals surface area contributed by atoms with Gasteiger partial charge < -0.3 is 4.74 Å². The van der Waals surface area contributed by atoms with Crippen LogP contribution in [0.5, 0.6) is 0 Å². The number of aromatic nitrogens is 2. The van der Waals surface area contributed by atoms with Crippen molar-refractivity contribution in [3.05, 3.63) is 23.3 Å². The van der Waals surface area contributed by atoms with E-state index in [0.717, 1.165) is 6.42 Å². The van der Waals surface area contributed by atoms with E-state index in [4.69, 9.17) is 4.74 Å². The molecule has 1 aromatic heterocycles. The van der Waals surface area contributed by atoms with Crippen LogP contribution in [0.15, 0.2) is 6.20 Å². The summed E-state index contributed by atoms with van der Waals surface area (Å²) in [5.41, 5.74) is 1.29. The molecule has 0 spiro atoms. The Morgan fingerprint density at radius 1 is 1.53 bits per heavy atom. The molecule has 4 heteroatoms. The van der Waals surface area contributed by atoms with E-state index >= 15 is 0 Å². The van der Waals surface area contributed by atoms with E-state index in [1.807, 2.05) is 13.8 Å². The van der Waals surface area contributed by atoms with Crippen LogP contribution >= 0.6 is 0 Å². The van der Waals surface area contributed by atoms with Crippen LogP contribution in [-0.2, 0) is 11.3 Å². The van der Waals surface area contributed by atoms with Crippen molar-refractivity contribution in [2.24, 2.45) is 0 Å². The Labute approximate surface area is 89.7 Å². The molecule has 0 amide bonds. The highest BCUT2D eigenvalue weighted by atomic mass is 16.5. The Bertz CT molecular complexity index is 350. The van der Waals surface area contributed by atoms with Crippen LogP contribution in [0.2, 0.25) is 0 Å². The fourth-order valence-corrected chi connectivity index (χ4v) is 1.24. The second kappa shape index (κ2) is 5.56. The summed E-state index contributed by atoms with van der Waals surface area (Å²) >= 11 is 0. The highest BCUT2D eigenvalue weighted by Gasteiger charge is 2.06. The van der Waals surface area contributed by atoms with Crippen LogP contribution in [0, 0.1) is 6.92 Å². The van der Waals surface area contributed by atoms with Gasteiger partial charge in [-0.1, -0.05) is 6.92 Å². The van der Waals surface area contributed by atoms with E-state index < -0.39 is 0 Å². The zero-order valence-electron chi connectivity index (χ0n) is 9.41. The molecule has 1 aromatic rings. The first-order valence-electron chi connectivity index (χ1n) is 5.06. The molecule has 0 atom stereocenters. The zero-order chi connectivity index (χ0) is 11.3. The van der Waals surface area contributed by atoms with Crippen molar-refractivity contribution in [3.63, 3.8) is 0 Å². The molecule has 1 heterocycles. The van der Waals surface area contributed by atoms with E-state index in [1.54, 1.807) is 6.20 Å². The van der Waals surface area contributed by atoms with Crippen molar-refractivity contribution < 1.29 is 9.53 Å². The molecule has 0 unspecified atom stereocenters. The number of aryl methyl sites for hydroxylation is 1. The number of nitrogens with zero attached hydrogens (tertiary/aromatic N) is 2. The highest BCUT2D eigenvalue weighted by molar-refractivity contribution is 5.94. The minimum absolute atomic E-state index is 0.00599. The first kappa shape index (κ1) is 11.8. The third-order valence-electron chi connectivity index (χ3n) is 1.99. The van der Waals surface area contributed by atoms with Crippen LogP contribution < -0.4 is 0 Å². The molecule has 15 heavy (non-hydrogen) atoms. The van der Waals surface area contributed by atoms with E-state index in [0.29, 0.717) is 30.3 Å². The Balaban J connectivity index is 2.69. The fraction of sp³-hybridized carbons (Fsp3) is 0.545. The normalized spacial score (nSPS) is 10.3. The van der Waals surface area contributed by atoms with Gasteiger partial charge in [0.2, 0.25) is 0 Å². The van der Waals surface area contributed by atoms with Crippen LogP contribution in [-0.4, -0.2) is 22.4 Å². The molecule has 0 fully saturated rings. The Morgan fingerprint density at radius 2 is 2.27 bits per heavy atom. The molecule has 0 aliphatic heterocycles. The van der Waals surface area contributed by atoms with Gasteiger partial charge in [0.25, 0.3) is 0 Å². The summed E-state index contributed by atoms with van der Waals surface area (Å²) < 4.78 is 5.31. The Hall–Kier alpha value is -1.29. The van der Waals surface area contributed by atoms with Crippen LogP contribution in [0.4, 0.5) is 0 Å². The maximum Gasteiger partial charge on any atom is 0.163 e. The van der Waals surface area contributed by atoms with Gasteiger partial charge in [-0.2, -0.15) is 0 Å². The van der Waals surface area contributed by atoms with Crippen molar-refractivity contribution in [1.82, 2.24) is 9.97 Å². The zero-order valence-corrected chi connectivity index (χ0v) is 9.41. The average Bonchev–Trinajstić information content (AvgIpc) is 2.17. The van der Waals surface area contributed by atoms with Crippen molar-refractivity contribution in [1.29, 1.82) is 0 Å². The maximum atomic E-state index is 11.1. The summed E-state index contributed by atoms with van der Waals surface area (Å²) in [4.78, 5) is 19.4. The first-order chi connectivity index (χ1) is 7.15. The lowest BCUT2D eigenvalue weighted by atomic mass is 10.2. The van der Waals surface area contributed by atoms with Crippen LogP contribution in [0.3, 0.4) is 0 Å². The number of Topliss-reactive ketones (excluding diaryl/α,β-unsaturated/α-hetero) is 1. The van der Waals surface area contributed by atoms with Gasteiger partial charge in [-0.05, 0) is 20.3 Å². The van der Waals surface area contributed by atoms with Crippen LogP contribution in [0.25, 0.3) is 0 Å². The van der Waals surface area contributed by atoms with Crippen molar-refractivity contribution >= 4 is 5.78 Å². The third kappa shape index (κ3) is 3.40. The number of ketones is 1. The Kier molecular flexibility index (Phi) is 4.37. The number of carbonyl (C=O) groups excluding carboxylic acids is 1. The number of ether oxygens (including phenoxy) is 1. The highest BCUT2D eigenvalue weighted by Crippen LogP contribution is 2.05. The minimum atomic E-state index is -0.00599. The van der Waals surface area contributed by atoms with Gasteiger partial charge in [-0.15, -0.1) is 0 Å². The monoisotopic (exact) mass is 208 g/mol. The molecular weight excluding hydrogens is 192 g/mol. The predicted molar refractivity (Wildman–Crippen MR) is 56.7 cm³/mol. The van der Waals surface area contributed by atoms with Crippen molar-refractivity contribution in [3.8, 4) is 0 Å². The standard InChI is InChI=1S/C11H16N2O2/c1-4-5-15-7-11-12-6-10(9(3)14)8(2)13-11/h6H,4-5,7H2,1-3H3. The van der Waals surface area contributed by atoms with Gasteiger partial charge in [-0.25, -0.2) is 9.97 Å². The number of rotatable bonds is 5. The van der Waals surface area contributed by atoms with E-state index in [-0.39, 0.29) is 5.78 Å². The van der Waals surface area contributed by atoms with E-state index in [2.05, 4.69) is 9.97 Å². The molecule has 82 valence electrons. The largest absolute Gasteiger partial charge is 0.373 e. The molecule has 1 rings (SSSR count). The number of hydrogen-bond donors (Lipinski definition) is 0. The molecule has 0 radical (unpaired) electrons. The number of hydrogen-bond acceptors (Lipinski definition) is 4. The second-order valence-electron chi connectivity index (χ2n) is 3.39. The third-order valence-corrected chi connectivity index (χ3v) is 1.99. The van der Waals surface area contributed by atoms with Crippen molar-refractivity contribution in [2.45, 2.75) is 33.8 Å². The summed E-state index contributed by atoms with van der Waals surface area (Å²) in [5, 5.41) is 0. The summed E-state index contributed by atoms with van der Waals surface area (Å²) in [6, 6.07) is 0. The topological polar surface area (TPSA) is 52.1 Å². The van der Waals surface area contributed by atoms with Gasteiger partial charge in [0.1, 0.15) is 6.61 Å². The quantitative estimate of drug-likeness (QED) is 0.548. The minimum Gasteiger partial charge on any atom is -0.373 e. The lowest BCUT2D eigenvalue weighted by Gasteiger charge is -2.04. The molecule has 0 saturated heterocycles. The lowest BCUT2D eigenvalue weighted by molar-refractivity contribution is 0.101. The summed E-state index contributed by atoms with van der Waals surface area (Å²) in [6.07, 6.45) is 2.54. The van der Waals surface area contributed by atoms with Gasteiger partial charge in [0, 0.05) is 12.8 Å². The van der Waals surface area contributed by atoms with Gasteiger partial charge in [-0.3, -0.25) is 4.79 Å². The van der Waals surface area contributed by atoms with Gasteiger partial charge in [0.15, 0.2) is 11.6 Å². The second-order valence-corrected chi connectivity index (χ2v) is 3.39. The lowest BCUT2D eigenvalue weighted by Crippen LogP contribution is -2.06. The first-order valence-corrected chi connectivity index (χ1v) is 5.06. The van der Waals surface area contributed by atoms with Gasteiger partial charge in [0.05, 0.1) is 11.3 Å². The molecule has 0 N–H and O–H groups in total. The molecule has 0 aliphatic carbocycles. The number of carbonyl (C=O) groups is 1. The molecule has 0 aliphatic rings. The van der Waals surface area contributed by atoms with E-state index in [1.165, 1.54) is 6.92 Å². The summed E-state index contributed by atoms with van der Waals surface area (Å²) in [5.74, 6) is 0.625. The average molecular weight is 208 g/mol. The molecular formula is C11H16N2O2. The Morgan fingerprint density at radius 3 is 2.80 bits per heavy atom. The summed E-state index contributed by atoms with van der Waals surface area (Å²) in [6.45, 7) is 6.48. The SMILES string of the molecule is CCCOCc1ncc(C(C)=O)c(C)n1.